The highest BCUT2D eigenvalue weighted by atomic mass is 31.2. The summed E-state index contributed by atoms with van der Waals surface area (Å²) < 4.78 is 29.9. The third-order valence-electron chi connectivity index (χ3n) is 3.67. The van der Waals surface area contributed by atoms with Crippen LogP contribution in [-0.4, -0.2) is 12.2 Å². The summed E-state index contributed by atoms with van der Waals surface area (Å²) in [5, 5.41) is 10.8. The highest BCUT2D eigenvalue weighted by molar-refractivity contribution is 7.54. The van der Waals surface area contributed by atoms with Gasteiger partial charge in [-0.1, -0.05) is 48.5 Å². The zero-order chi connectivity index (χ0) is 18.4. The van der Waals surface area contributed by atoms with E-state index in [0.29, 0.717) is 22.8 Å². The van der Waals surface area contributed by atoms with Crippen molar-refractivity contribution in [3.05, 3.63) is 90.5 Å². The molecule has 0 radical (unpaired) electrons. The van der Waals surface area contributed by atoms with Crippen LogP contribution in [0.1, 0.15) is 11.4 Å². The fourth-order valence-corrected chi connectivity index (χ4v) is 3.94. The van der Waals surface area contributed by atoms with Gasteiger partial charge in [-0.2, -0.15) is 0 Å². The maximum absolute atomic E-state index is 13.5. The van der Waals surface area contributed by atoms with E-state index in [-0.39, 0.29) is 0 Å². The maximum Gasteiger partial charge on any atom is 0.463 e. The highest BCUT2D eigenvalue weighted by Crippen LogP contribution is 2.58. The van der Waals surface area contributed by atoms with Gasteiger partial charge in [0.2, 0.25) is 5.85 Å². The van der Waals surface area contributed by atoms with Crippen LogP contribution in [0.4, 0.5) is 0 Å². The Balaban J connectivity index is 1.94. The Hall–Kier alpha value is -2.75. The quantitative estimate of drug-likeness (QED) is 0.591. The van der Waals surface area contributed by atoms with Gasteiger partial charge < -0.3 is 18.9 Å². The van der Waals surface area contributed by atoms with Crippen LogP contribution in [-0.2, 0) is 4.57 Å². The van der Waals surface area contributed by atoms with Crippen molar-refractivity contribution in [3.8, 4) is 17.2 Å². The average Bonchev–Trinajstić information content (AvgIpc) is 2.69. The predicted octanol–water partition coefficient (Wildman–Crippen LogP) is 5.04. The van der Waals surface area contributed by atoms with Gasteiger partial charge >= 0.3 is 7.60 Å². The summed E-state index contributed by atoms with van der Waals surface area (Å²) in [7, 11) is -2.44. The number of aliphatic hydroxyl groups excluding tert-OH is 1. The Morgan fingerprint density at radius 1 is 0.731 bits per heavy atom. The average molecular weight is 370 g/mol. The van der Waals surface area contributed by atoms with E-state index < -0.39 is 13.4 Å². The highest BCUT2D eigenvalue weighted by Gasteiger charge is 2.39. The van der Waals surface area contributed by atoms with Crippen LogP contribution < -0.4 is 13.8 Å². The van der Waals surface area contributed by atoms with Gasteiger partial charge in [0.25, 0.3) is 0 Å². The molecule has 0 spiro atoms. The Morgan fingerprint density at radius 3 is 1.62 bits per heavy atom. The maximum atomic E-state index is 13.5. The number of methoxy groups -OCH3 is 1. The molecule has 0 saturated carbocycles. The normalized spacial score (nSPS) is 12.2. The van der Waals surface area contributed by atoms with Crippen LogP contribution in [0.25, 0.3) is 0 Å². The monoisotopic (exact) mass is 370 g/mol. The molecule has 6 heteroatoms. The van der Waals surface area contributed by atoms with Crippen LogP contribution in [0.2, 0.25) is 0 Å². The molecule has 0 heterocycles. The fourth-order valence-electron chi connectivity index (χ4n) is 2.33. The summed E-state index contributed by atoms with van der Waals surface area (Å²) in [6, 6.07) is 23.9. The molecular formula is C20H19O5P. The van der Waals surface area contributed by atoms with Gasteiger partial charge in [-0.3, -0.25) is 0 Å². The first kappa shape index (κ1) is 18.1. The molecule has 0 saturated heterocycles. The largest absolute Gasteiger partial charge is 0.497 e. The number of rotatable bonds is 7. The standard InChI is InChI=1S/C20H19O5P/c1-23-17-14-12-16(13-15-17)20(21)26(22,24-18-8-4-2-5-9-18)25-19-10-6-3-7-11-19/h2-15,20-21H,1H3/t20-/m0/s1. The molecule has 134 valence electrons. The third-order valence-corrected chi connectivity index (χ3v) is 5.49. The topological polar surface area (TPSA) is 65.0 Å². The van der Waals surface area contributed by atoms with Gasteiger partial charge in [-0.15, -0.1) is 0 Å². The summed E-state index contributed by atoms with van der Waals surface area (Å²) in [6.07, 6.45) is 0. The van der Waals surface area contributed by atoms with E-state index in [0.717, 1.165) is 0 Å². The SMILES string of the molecule is COc1ccc([C@@H](O)P(=O)(Oc2ccccc2)Oc2ccccc2)cc1. The lowest BCUT2D eigenvalue weighted by Gasteiger charge is -2.24. The van der Waals surface area contributed by atoms with Crippen molar-refractivity contribution in [1.29, 1.82) is 0 Å². The molecule has 3 rings (SSSR count). The number of benzene rings is 3. The number of hydrogen-bond acceptors (Lipinski definition) is 5. The van der Waals surface area contributed by atoms with E-state index in [4.69, 9.17) is 13.8 Å². The molecule has 0 fully saturated rings. The first-order valence-corrected chi connectivity index (χ1v) is 9.63. The van der Waals surface area contributed by atoms with Crippen molar-refractivity contribution in [2.24, 2.45) is 0 Å². The first-order valence-electron chi connectivity index (χ1n) is 8.02. The van der Waals surface area contributed by atoms with Crippen LogP contribution in [0.5, 0.6) is 17.2 Å². The number of aliphatic hydroxyl groups is 1. The molecule has 3 aromatic carbocycles. The molecule has 0 bridgehead atoms. The molecule has 0 unspecified atom stereocenters. The van der Waals surface area contributed by atoms with Crippen molar-refractivity contribution in [3.63, 3.8) is 0 Å². The molecule has 0 amide bonds. The summed E-state index contributed by atoms with van der Waals surface area (Å²) in [5.74, 6) is -0.142. The summed E-state index contributed by atoms with van der Waals surface area (Å²) in [6.45, 7) is 0. The van der Waals surface area contributed by atoms with Crippen LogP contribution >= 0.6 is 7.60 Å². The first-order chi connectivity index (χ1) is 12.6. The molecular weight excluding hydrogens is 351 g/mol. The smallest absolute Gasteiger partial charge is 0.463 e. The van der Waals surface area contributed by atoms with Gasteiger partial charge in [0.05, 0.1) is 7.11 Å². The van der Waals surface area contributed by atoms with Gasteiger partial charge in [-0.05, 0) is 42.0 Å². The third kappa shape index (κ3) is 4.26. The van der Waals surface area contributed by atoms with Crippen LogP contribution in [0.3, 0.4) is 0 Å². The second kappa shape index (κ2) is 8.09. The lowest BCUT2D eigenvalue weighted by atomic mass is 10.2. The van der Waals surface area contributed by atoms with E-state index in [2.05, 4.69) is 0 Å². The van der Waals surface area contributed by atoms with Crippen molar-refractivity contribution in [1.82, 2.24) is 0 Å². The number of ether oxygens (including phenoxy) is 1. The van der Waals surface area contributed by atoms with Crippen molar-refractivity contribution < 1.29 is 23.5 Å². The Kier molecular flexibility index (Phi) is 5.61. The van der Waals surface area contributed by atoms with Crippen molar-refractivity contribution in [2.45, 2.75) is 5.85 Å². The van der Waals surface area contributed by atoms with Gasteiger partial charge in [0.1, 0.15) is 17.2 Å². The molecule has 1 atom stereocenters. The van der Waals surface area contributed by atoms with Crippen molar-refractivity contribution >= 4 is 7.60 Å². The van der Waals surface area contributed by atoms with Gasteiger partial charge in [0.15, 0.2) is 0 Å². The Bertz CT molecular complexity index is 820. The van der Waals surface area contributed by atoms with E-state index in [9.17, 15) is 9.67 Å². The molecule has 0 aromatic heterocycles. The van der Waals surface area contributed by atoms with Crippen LogP contribution in [0, 0.1) is 0 Å². The van der Waals surface area contributed by atoms with Crippen LogP contribution in [0.15, 0.2) is 84.9 Å². The number of para-hydroxylation sites is 2. The van der Waals surface area contributed by atoms with Crippen molar-refractivity contribution in [2.75, 3.05) is 7.11 Å². The van der Waals surface area contributed by atoms with Gasteiger partial charge in [0, 0.05) is 0 Å². The van der Waals surface area contributed by atoms with E-state index in [1.807, 2.05) is 12.1 Å². The molecule has 3 aromatic rings. The Morgan fingerprint density at radius 2 is 1.19 bits per heavy atom. The molecule has 1 N–H and O–H groups in total. The fraction of sp³-hybridized carbons (Fsp3) is 0.100. The molecule has 0 aliphatic rings. The lowest BCUT2D eigenvalue weighted by molar-refractivity contribution is 0.212. The lowest BCUT2D eigenvalue weighted by Crippen LogP contribution is -2.10. The minimum absolute atomic E-state index is 0.347. The molecule has 0 aliphatic heterocycles. The minimum atomic E-state index is -3.98. The zero-order valence-electron chi connectivity index (χ0n) is 14.2. The van der Waals surface area contributed by atoms with Gasteiger partial charge in [-0.25, -0.2) is 4.57 Å². The summed E-state index contributed by atoms with van der Waals surface area (Å²) in [4.78, 5) is 0. The second-order valence-electron chi connectivity index (χ2n) is 5.50. The Labute approximate surface area is 152 Å². The number of hydrogen-bond donors (Lipinski definition) is 1. The second-order valence-corrected chi connectivity index (χ2v) is 7.43. The molecule has 26 heavy (non-hydrogen) atoms. The van der Waals surface area contributed by atoms with E-state index >= 15 is 0 Å². The predicted molar refractivity (Wildman–Crippen MR) is 99.7 cm³/mol. The molecule has 5 nitrogen and oxygen atoms in total. The van der Waals surface area contributed by atoms with E-state index in [1.165, 1.54) is 0 Å². The molecule has 0 aliphatic carbocycles. The van der Waals surface area contributed by atoms with E-state index in [1.54, 1.807) is 79.9 Å². The minimum Gasteiger partial charge on any atom is -0.497 e. The summed E-state index contributed by atoms with van der Waals surface area (Å²) >= 11 is 0. The summed E-state index contributed by atoms with van der Waals surface area (Å²) in [5.41, 5.74) is 0.404. The zero-order valence-corrected chi connectivity index (χ0v) is 15.1.